The van der Waals surface area contributed by atoms with Crippen LogP contribution in [0, 0.1) is 20.8 Å². The highest BCUT2D eigenvalue weighted by atomic mass is 15.3. The highest BCUT2D eigenvalue weighted by molar-refractivity contribution is 5.56. The van der Waals surface area contributed by atoms with Crippen LogP contribution in [0.1, 0.15) is 22.9 Å². The number of nitrogens with zero attached hydrogens (tertiary/aromatic N) is 4. The fourth-order valence-electron chi connectivity index (χ4n) is 1.72. The van der Waals surface area contributed by atoms with E-state index in [1.54, 1.807) is 6.20 Å². The predicted molar refractivity (Wildman–Crippen MR) is 73.4 cm³/mol. The van der Waals surface area contributed by atoms with Crippen LogP contribution in [0.2, 0.25) is 0 Å². The van der Waals surface area contributed by atoms with E-state index in [2.05, 4.69) is 30.7 Å². The summed E-state index contributed by atoms with van der Waals surface area (Å²) < 4.78 is 0. The van der Waals surface area contributed by atoms with Gasteiger partial charge in [0.25, 0.3) is 0 Å². The summed E-state index contributed by atoms with van der Waals surface area (Å²) in [6.45, 7) is 6.16. The van der Waals surface area contributed by atoms with Gasteiger partial charge in [0, 0.05) is 11.8 Å². The van der Waals surface area contributed by atoms with Gasteiger partial charge in [0.05, 0.1) is 12.2 Å². The van der Waals surface area contributed by atoms with Crippen molar-refractivity contribution in [2.45, 2.75) is 27.3 Å². The third kappa shape index (κ3) is 3.14. The summed E-state index contributed by atoms with van der Waals surface area (Å²) in [6, 6.07) is 1.87. The Morgan fingerprint density at radius 3 is 2.47 bits per heavy atom. The second-order valence-corrected chi connectivity index (χ2v) is 4.19. The van der Waals surface area contributed by atoms with E-state index < -0.39 is 0 Å². The Hall–Kier alpha value is -2.28. The van der Waals surface area contributed by atoms with Gasteiger partial charge in [-0.3, -0.25) is 0 Å². The quantitative estimate of drug-likeness (QED) is 0.558. The smallest absolute Gasteiger partial charge is 0.148 e. The first kappa shape index (κ1) is 13.2. The third-order valence-electron chi connectivity index (χ3n) is 2.66. The average Bonchev–Trinajstić information content (AvgIpc) is 2.39. The Labute approximate surface area is 111 Å². The molecule has 0 saturated carbocycles. The second-order valence-electron chi connectivity index (χ2n) is 4.19. The van der Waals surface area contributed by atoms with Gasteiger partial charge in [-0.05, 0) is 26.8 Å². The minimum atomic E-state index is 0.574. The number of nitrogens with one attached hydrogen (secondary N) is 2. The van der Waals surface area contributed by atoms with E-state index in [-0.39, 0.29) is 0 Å². The Kier molecular flexibility index (Phi) is 3.86. The van der Waals surface area contributed by atoms with Crippen LogP contribution in [0.15, 0.2) is 12.3 Å². The van der Waals surface area contributed by atoms with Crippen molar-refractivity contribution in [1.82, 2.24) is 19.9 Å². The first-order valence-corrected chi connectivity index (χ1v) is 5.94. The first-order chi connectivity index (χ1) is 9.10. The van der Waals surface area contributed by atoms with Gasteiger partial charge in [-0.2, -0.15) is 0 Å². The van der Waals surface area contributed by atoms with Crippen molar-refractivity contribution < 1.29 is 0 Å². The molecule has 0 spiro atoms. The normalized spacial score (nSPS) is 10.3. The van der Waals surface area contributed by atoms with E-state index in [9.17, 15) is 0 Å². The lowest BCUT2D eigenvalue weighted by molar-refractivity contribution is 0.937. The van der Waals surface area contributed by atoms with Crippen LogP contribution in [0.5, 0.6) is 0 Å². The molecule has 19 heavy (non-hydrogen) atoms. The molecular weight excluding hydrogens is 242 g/mol. The monoisotopic (exact) mass is 259 g/mol. The number of hydrazine groups is 1. The molecule has 0 aromatic carbocycles. The van der Waals surface area contributed by atoms with Crippen molar-refractivity contribution in [2.24, 2.45) is 5.84 Å². The van der Waals surface area contributed by atoms with E-state index in [0.29, 0.717) is 18.2 Å². The van der Waals surface area contributed by atoms with Crippen molar-refractivity contribution in [2.75, 3.05) is 10.7 Å². The van der Waals surface area contributed by atoms with E-state index in [4.69, 9.17) is 5.84 Å². The largest absolute Gasteiger partial charge is 0.364 e. The molecule has 0 aliphatic heterocycles. The molecule has 0 atom stereocenters. The third-order valence-corrected chi connectivity index (χ3v) is 2.66. The number of hydrogen-bond acceptors (Lipinski definition) is 7. The molecule has 2 aromatic rings. The highest BCUT2D eigenvalue weighted by Crippen LogP contribution is 2.19. The molecule has 0 fully saturated rings. The Morgan fingerprint density at radius 1 is 1.05 bits per heavy atom. The van der Waals surface area contributed by atoms with Crippen LogP contribution >= 0.6 is 0 Å². The van der Waals surface area contributed by atoms with Gasteiger partial charge >= 0.3 is 0 Å². The fraction of sp³-hybridized carbons (Fsp3) is 0.333. The van der Waals surface area contributed by atoms with Gasteiger partial charge in [-0.15, -0.1) is 0 Å². The van der Waals surface area contributed by atoms with Crippen LogP contribution in [-0.2, 0) is 6.54 Å². The summed E-state index contributed by atoms with van der Waals surface area (Å²) in [5.74, 6) is 8.20. The maximum absolute atomic E-state index is 5.43. The number of anilines is 2. The van der Waals surface area contributed by atoms with Crippen molar-refractivity contribution in [3.63, 3.8) is 0 Å². The van der Waals surface area contributed by atoms with Crippen molar-refractivity contribution >= 4 is 11.6 Å². The number of nitrogen functional groups attached to an aromatic ring is 1. The van der Waals surface area contributed by atoms with Crippen molar-refractivity contribution in [1.29, 1.82) is 0 Å². The summed E-state index contributed by atoms with van der Waals surface area (Å²) in [5.41, 5.74) is 4.35. The molecule has 7 nitrogen and oxygen atoms in total. The zero-order valence-corrected chi connectivity index (χ0v) is 11.2. The lowest BCUT2D eigenvalue weighted by Gasteiger charge is -2.12. The van der Waals surface area contributed by atoms with Gasteiger partial charge < -0.3 is 10.7 Å². The van der Waals surface area contributed by atoms with Crippen LogP contribution in [0.3, 0.4) is 0 Å². The molecule has 7 heteroatoms. The van der Waals surface area contributed by atoms with Gasteiger partial charge in [0.15, 0.2) is 0 Å². The number of aromatic nitrogens is 4. The van der Waals surface area contributed by atoms with Gasteiger partial charge in [0.1, 0.15) is 23.3 Å². The van der Waals surface area contributed by atoms with Gasteiger partial charge in [-0.1, -0.05) is 0 Å². The molecule has 4 N–H and O–H groups in total. The number of hydrogen-bond donors (Lipinski definition) is 3. The molecule has 0 aliphatic carbocycles. The van der Waals surface area contributed by atoms with Gasteiger partial charge in [-0.25, -0.2) is 25.8 Å². The lowest BCUT2D eigenvalue weighted by Crippen LogP contribution is -2.14. The summed E-state index contributed by atoms with van der Waals surface area (Å²) in [6.07, 6.45) is 1.74. The lowest BCUT2D eigenvalue weighted by atomic mass is 10.3. The standard InChI is InChI=1S/C12H17N7/c1-7-11(17-9(3)18-12(7)19-13)15-6-10-4-5-14-8(2)16-10/h4-5H,6,13H2,1-3H3,(H2,15,17,18,19). The second kappa shape index (κ2) is 5.57. The topological polar surface area (TPSA) is 102 Å². The summed E-state index contributed by atoms with van der Waals surface area (Å²) in [7, 11) is 0. The van der Waals surface area contributed by atoms with Crippen molar-refractivity contribution in [3.05, 3.63) is 35.2 Å². The van der Waals surface area contributed by atoms with Crippen molar-refractivity contribution in [3.8, 4) is 0 Å². The molecule has 0 aliphatic rings. The van der Waals surface area contributed by atoms with E-state index in [1.807, 2.05) is 26.8 Å². The Morgan fingerprint density at radius 2 is 1.79 bits per heavy atom. The molecule has 2 aromatic heterocycles. The average molecular weight is 259 g/mol. The van der Waals surface area contributed by atoms with E-state index in [1.165, 1.54) is 0 Å². The maximum atomic E-state index is 5.43. The highest BCUT2D eigenvalue weighted by Gasteiger charge is 2.08. The minimum Gasteiger partial charge on any atom is -0.364 e. The zero-order valence-electron chi connectivity index (χ0n) is 11.2. The van der Waals surface area contributed by atoms with Gasteiger partial charge in [0.2, 0.25) is 0 Å². The predicted octanol–water partition coefficient (Wildman–Crippen LogP) is 1.09. The molecule has 2 rings (SSSR count). The molecule has 2 heterocycles. The summed E-state index contributed by atoms with van der Waals surface area (Å²) in [4.78, 5) is 17.0. The molecule has 100 valence electrons. The maximum Gasteiger partial charge on any atom is 0.148 e. The molecule has 0 bridgehead atoms. The van der Waals surface area contributed by atoms with Crippen LogP contribution in [0.25, 0.3) is 0 Å². The Balaban J connectivity index is 2.17. The van der Waals surface area contributed by atoms with Crippen LogP contribution < -0.4 is 16.6 Å². The summed E-state index contributed by atoms with van der Waals surface area (Å²) in [5, 5.41) is 3.24. The minimum absolute atomic E-state index is 0.574. The van der Waals surface area contributed by atoms with Crippen LogP contribution in [0.4, 0.5) is 11.6 Å². The molecule has 0 amide bonds. The molecule has 0 saturated heterocycles. The first-order valence-electron chi connectivity index (χ1n) is 5.94. The van der Waals surface area contributed by atoms with E-state index >= 15 is 0 Å². The fourth-order valence-corrected chi connectivity index (χ4v) is 1.72. The Bertz CT molecular complexity index is 582. The SMILES string of the molecule is Cc1nccc(CNc2nc(C)nc(NN)c2C)n1. The zero-order chi connectivity index (χ0) is 13.8. The molecule has 0 unspecified atom stereocenters. The molecule has 0 radical (unpaired) electrons. The number of nitrogens with two attached hydrogens (primary N) is 1. The molecular formula is C12H17N7. The number of aryl methyl sites for hydroxylation is 2. The number of rotatable bonds is 4. The van der Waals surface area contributed by atoms with Crippen LogP contribution in [-0.4, -0.2) is 19.9 Å². The van der Waals surface area contributed by atoms with E-state index in [0.717, 1.165) is 22.9 Å². The summed E-state index contributed by atoms with van der Waals surface area (Å²) >= 11 is 0.